The van der Waals surface area contributed by atoms with Crippen molar-refractivity contribution >= 4 is 11.8 Å². The molecule has 0 spiro atoms. The summed E-state index contributed by atoms with van der Waals surface area (Å²) >= 11 is 1.68. The molecule has 5 heteroatoms. The van der Waals surface area contributed by atoms with E-state index in [4.69, 9.17) is 0 Å². The van der Waals surface area contributed by atoms with Gasteiger partial charge in [0, 0.05) is 22.9 Å². The summed E-state index contributed by atoms with van der Waals surface area (Å²) in [6.07, 6.45) is 1.56. The van der Waals surface area contributed by atoms with Gasteiger partial charge in [0.25, 0.3) is 5.56 Å². The fourth-order valence-electron chi connectivity index (χ4n) is 2.38. The van der Waals surface area contributed by atoms with Gasteiger partial charge in [0.1, 0.15) is 0 Å². The second kappa shape index (κ2) is 7.15. The normalized spacial score (nSPS) is 12.0. The first kappa shape index (κ1) is 15.4. The topological polar surface area (TPSA) is 54.9 Å². The average Bonchev–Trinajstić information content (AvgIpc) is 2.58. The van der Waals surface area contributed by atoms with Crippen LogP contribution in [-0.2, 0) is 0 Å². The van der Waals surface area contributed by atoms with Gasteiger partial charge in [-0.1, -0.05) is 48.5 Å². The van der Waals surface area contributed by atoms with Crippen LogP contribution in [0.1, 0.15) is 11.6 Å². The molecule has 0 aliphatic carbocycles. The molecule has 116 valence electrons. The number of aromatic nitrogens is 2. The van der Waals surface area contributed by atoms with Crippen LogP contribution in [0.15, 0.2) is 87.4 Å². The van der Waals surface area contributed by atoms with Crippen LogP contribution in [0, 0.1) is 0 Å². The molecule has 0 amide bonds. The molecule has 0 saturated heterocycles. The predicted molar refractivity (Wildman–Crippen MR) is 93.1 cm³/mol. The van der Waals surface area contributed by atoms with Crippen LogP contribution in [0.25, 0.3) is 0 Å². The van der Waals surface area contributed by atoms with E-state index in [0.29, 0.717) is 5.75 Å². The highest BCUT2D eigenvalue weighted by atomic mass is 32.2. The van der Waals surface area contributed by atoms with Crippen molar-refractivity contribution in [3.8, 4) is 0 Å². The van der Waals surface area contributed by atoms with Crippen LogP contribution in [0.3, 0.4) is 0 Å². The standard InChI is InChI=1S/C18H16N2O2S/c21-17-11-12-20(18(22)19-17)16(14-7-3-1-4-8-14)13-23-15-9-5-2-6-10-15/h1-12,16H,13H2,(H,19,21,22). The van der Waals surface area contributed by atoms with Gasteiger partial charge in [0.05, 0.1) is 6.04 Å². The van der Waals surface area contributed by atoms with Gasteiger partial charge in [-0.2, -0.15) is 0 Å². The molecule has 23 heavy (non-hydrogen) atoms. The maximum Gasteiger partial charge on any atom is 0.328 e. The number of aromatic amines is 1. The highest BCUT2D eigenvalue weighted by Gasteiger charge is 2.15. The van der Waals surface area contributed by atoms with Gasteiger partial charge in [0.15, 0.2) is 0 Å². The van der Waals surface area contributed by atoms with Crippen LogP contribution in [0.4, 0.5) is 0 Å². The third-order valence-corrected chi connectivity index (χ3v) is 4.61. The van der Waals surface area contributed by atoms with E-state index in [1.807, 2.05) is 60.7 Å². The SMILES string of the molecule is O=c1ccn(C(CSc2ccccc2)c2ccccc2)c(=O)[nH]1. The number of hydrogen-bond donors (Lipinski definition) is 1. The molecule has 1 heterocycles. The number of H-pyrrole nitrogens is 1. The molecule has 0 radical (unpaired) electrons. The Hall–Kier alpha value is -2.53. The Labute approximate surface area is 137 Å². The van der Waals surface area contributed by atoms with Gasteiger partial charge in [-0.15, -0.1) is 11.8 Å². The van der Waals surface area contributed by atoms with Crippen LogP contribution < -0.4 is 11.2 Å². The van der Waals surface area contributed by atoms with Gasteiger partial charge >= 0.3 is 5.69 Å². The Morgan fingerprint density at radius 3 is 2.22 bits per heavy atom. The molecule has 1 unspecified atom stereocenters. The molecule has 2 aromatic carbocycles. The molecular formula is C18H16N2O2S. The van der Waals surface area contributed by atoms with Crippen molar-refractivity contribution in [2.24, 2.45) is 0 Å². The van der Waals surface area contributed by atoms with E-state index in [2.05, 4.69) is 4.98 Å². The molecule has 3 rings (SSSR count). The number of nitrogens with zero attached hydrogens (tertiary/aromatic N) is 1. The van der Waals surface area contributed by atoms with Crippen LogP contribution in [-0.4, -0.2) is 15.3 Å². The first-order valence-electron chi connectivity index (χ1n) is 7.28. The largest absolute Gasteiger partial charge is 0.328 e. The number of rotatable bonds is 5. The smallest absolute Gasteiger partial charge is 0.292 e. The minimum atomic E-state index is -0.389. The monoisotopic (exact) mass is 324 g/mol. The van der Waals surface area contributed by atoms with Crippen LogP contribution in [0.2, 0.25) is 0 Å². The summed E-state index contributed by atoms with van der Waals surface area (Å²) in [7, 11) is 0. The lowest BCUT2D eigenvalue weighted by Crippen LogP contribution is -2.32. The zero-order valence-corrected chi connectivity index (χ0v) is 13.2. The summed E-state index contributed by atoms with van der Waals surface area (Å²) < 4.78 is 1.58. The van der Waals surface area contributed by atoms with E-state index in [-0.39, 0.29) is 17.3 Å². The van der Waals surface area contributed by atoms with Crippen molar-refractivity contribution in [1.82, 2.24) is 9.55 Å². The van der Waals surface area contributed by atoms with Crippen LogP contribution >= 0.6 is 11.8 Å². The summed E-state index contributed by atoms with van der Waals surface area (Å²) in [4.78, 5) is 26.9. The highest BCUT2D eigenvalue weighted by molar-refractivity contribution is 7.99. The quantitative estimate of drug-likeness (QED) is 0.734. The summed E-state index contributed by atoms with van der Waals surface area (Å²) in [5, 5.41) is 0. The summed E-state index contributed by atoms with van der Waals surface area (Å²) in [6, 6.07) is 21.1. The number of hydrogen-bond acceptors (Lipinski definition) is 3. The van der Waals surface area contributed by atoms with Gasteiger partial charge in [-0.3, -0.25) is 14.3 Å². The Balaban J connectivity index is 1.94. The Kier molecular flexibility index (Phi) is 4.78. The van der Waals surface area contributed by atoms with E-state index in [0.717, 1.165) is 10.5 Å². The van der Waals surface area contributed by atoms with Crippen molar-refractivity contribution in [1.29, 1.82) is 0 Å². The molecule has 1 atom stereocenters. The molecule has 1 aromatic heterocycles. The first-order chi connectivity index (χ1) is 11.2. The van der Waals surface area contributed by atoms with Gasteiger partial charge < -0.3 is 0 Å². The molecule has 1 N–H and O–H groups in total. The van der Waals surface area contributed by atoms with Gasteiger partial charge in [-0.05, 0) is 17.7 Å². The Morgan fingerprint density at radius 1 is 0.913 bits per heavy atom. The Morgan fingerprint density at radius 2 is 1.57 bits per heavy atom. The lowest BCUT2D eigenvalue weighted by atomic mass is 10.1. The summed E-state index contributed by atoms with van der Waals surface area (Å²) in [5.41, 5.74) is 0.263. The van der Waals surface area contributed by atoms with Crippen molar-refractivity contribution in [2.45, 2.75) is 10.9 Å². The highest BCUT2D eigenvalue weighted by Crippen LogP contribution is 2.26. The predicted octanol–water partition coefficient (Wildman–Crippen LogP) is 2.92. The van der Waals surface area contributed by atoms with E-state index < -0.39 is 0 Å². The molecule has 0 aliphatic heterocycles. The molecule has 3 aromatic rings. The van der Waals surface area contributed by atoms with Gasteiger partial charge in [0.2, 0.25) is 0 Å². The summed E-state index contributed by atoms with van der Waals surface area (Å²) in [5.74, 6) is 0.694. The van der Waals surface area contributed by atoms with Crippen LogP contribution in [0.5, 0.6) is 0 Å². The fraction of sp³-hybridized carbons (Fsp3) is 0.111. The second-order valence-corrected chi connectivity index (χ2v) is 6.16. The van der Waals surface area contributed by atoms with Crippen molar-refractivity contribution in [3.05, 3.63) is 99.3 Å². The summed E-state index contributed by atoms with van der Waals surface area (Å²) in [6.45, 7) is 0. The fourth-order valence-corrected chi connectivity index (χ4v) is 3.43. The molecule has 0 saturated carbocycles. The maximum absolute atomic E-state index is 12.2. The maximum atomic E-state index is 12.2. The Bertz CT molecular complexity index is 873. The molecular weight excluding hydrogens is 308 g/mol. The van der Waals surface area contributed by atoms with E-state index in [1.165, 1.54) is 6.07 Å². The third-order valence-electron chi connectivity index (χ3n) is 3.52. The second-order valence-electron chi connectivity index (χ2n) is 5.07. The van der Waals surface area contributed by atoms with Gasteiger partial charge in [-0.25, -0.2) is 4.79 Å². The third kappa shape index (κ3) is 3.81. The molecule has 4 nitrogen and oxygen atoms in total. The number of thioether (sulfide) groups is 1. The van der Waals surface area contributed by atoms with Crippen molar-refractivity contribution in [2.75, 3.05) is 5.75 Å². The first-order valence-corrected chi connectivity index (χ1v) is 8.27. The van der Waals surface area contributed by atoms with E-state index in [1.54, 1.807) is 22.5 Å². The lowest BCUT2D eigenvalue weighted by molar-refractivity contribution is 0.602. The minimum Gasteiger partial charge on any atom is -0.292 e. The molecule has 0 bridgehead atoms. The zero-order valence-electron chi connectivity index (χ0n) is 12.4. The van der Waals surface area contributed by atoms with Crippen molar-refractivity contribution < 1.29 is 0 Å². The average molecular weight is 324 g/mol. The van der Waals surface area contributed by atoms with E-state index >= 15 is 0 Å². The number of benzene rings is 2. The van der Waals surface area contributed by atoms with E-state index in [9.17, 15) is 9.59 Å². The van der Waals surface area contributed by atoms with Crippen molar-refractivity contribution in [3.63, 3.8) is 0 Å². The zero-order chi connectivity index (χ0) is 16.1. The number of nitrogens with one attached hydrogen (secondary N) is 1. The minimum absolute atomic E-state index is 0.147. The molecule has 0 fully saturated rings. The molecule has 0 aliphatic rings. The lowest BCUT2D eigenvalue weighted by Gasteiger charge is -2.19.